The number of allylic oxidation sites excluding steroid dienone is 20. The molecule has 0 aromatic heterocycles. The van der Waals surface area contributed by atoms with Crippen LogP contribution >= 0.6 is 15.6 Å². The maximum Gasteiger partial charge on any atom is 0.472 e. The molecule has 0 aliphatic carbocycles. The van der Waals surface area contributed by atoms with Crippen molar-refractivity contribution < 1.29 is 75.8 Å². The summed E-state index contributed by atoms with van der Waals surface area (Å²) < 4.78 is 60.7. The van der Waals surface area contributed by atoms with Crippen molar-refractivity contribution in [2.75, 3.05) is 39.6 Å². The maximum absolute atomic E-state index is 12.8. The van der Waals surface area contributed by atoms with E-state index in [1.165, 1.54) is 12.8 Å². The molecule has 0 saturated carbocycles. The van der Waals surface area contributed by atoms with E-state index in [2.05, 4.69) is 142 Å². The van der Waals surface area contributed by atoms with E-state index in [9.17, 15) is 43.5 Å². The quantitative estimate of drug-likeness (QED) is 0.0146. The van der Waals surface area contributed by atoms with E-state index >= 15 is 0 Å². The number of aliphatic hydroxyl groups excluding tert-OH is 2. The number of rotatable bonds is 59. The first kappa shape index (κ1) is 81.0. The van der Waals surface area contributed by atoms with E-state index in [1.807, 2.05) is 0 Å². The van der Waals surface area contributed by atoms with Crippen LogP contribution in [-0.2, 0) is 55.8 Å². The van der Waals surface area contributed by atoms with Gasteiger partial charge in [0, 0.05) is 19.3 Å². The predicted octanol–water partition coefficient (Wildman–Crippen LogP) is 17.1. The lowest BCUT2D eigenvalue weighted by atomic mass is 10.1. The number of phosphoric acid groups is 2. The standard InChI is InChI=1S/C67H112O16P2/c1-4-7-10-13-16-19-22-24-26-28-30-32-34-36-39-41-44-47-50-53-65(70)77-56-62(68)57-79-84(73,74)80-58-63(69)59-81-85(75,76)82-61-64(83-67(72)55-52-49-46-43-38-21-18-15-12-9-6-3)60-78-66(71)54-51-48-45-42-40-37-35-33-31-29-27-25-23-20-17-14-11-8-5-2/h7-8,10-11,15-20,24-27,30-33,36,39,62-64,68-69H,4-6,9,12-14,21-23,28-29,34-35,37-38,40-61H2,1-3H3,(H,73,74)(H,75,76)/b10-7-,11-8-,18-15-,19-16-,20-17-,26-24-,27-25-,32-30-,33-31-,39-36-. The summed E-state index contributed by atoms with van der Waals surface area (Å²) in [5.74, 6) is -1.64. The Morgan fingerprint density at radius 2 is 0.624 bits per heavy atom. The van der Waals surface area contributed by atoms with E-state index in [0.717, 1.165) is 154 Å². The molecule has 5 atom stereocenters. The van der Waals surface area contributed by atoms with Gasteiger partial charge in [0.1, 0.15) is 25.4 Å². The Kier molecular flexibility index (Phi) is 57.4. The molecule has 0 saturated heterocycles. The first-order chi connectivity index (χ1) is 41.2. The monoisotopic (exact) mass is 1230 g/mol. The van der Waals surface area contributed by atoms with E-state index in [-0.39, 0.29) is 19.3 Å². The summed E-state index contributed by atoms with van der Waals surface area (Å²) in [5.41, 5.74) is 0. The average Bonchev–Trinajstić information content (AvgIpc) is 3.60. The van der Waals surface area contributed by atoms with Gasteiger partial charge in [-0.05, 0) is 122 Å². The summed E-state index contributed by atoms with van der Waals surface area (Å²) in [7, 11) is -9.79. The molecule has 0 aliphatic heterocycles. The van der Waals surface area contributed by atoms with Crippen LogP contribution in [0, 0.1) is 0 Å². The molecule has 486 valence electrons. The van der Waals surface area contributed by atoms with E-state index in [4.69, 9.17) is 32.3 Å². The molecular weight excluding hydrogens is 1120 g/mol. The van der Waals surface area contributed by atoms with Crippen LogP contribution in [0.1, 0.15) is 226 Å². The highest BCUT2D eigenvalue weighted by atomic mass is 31.2. The van der Waals surface area contributed by atoms with E-state index < -0.39 is 91.5 Å². The minimum Gasteiger partial charge on any atom is -0.463 e. The molecule has 0 spiro atoms. The number of aliphatic hydroxyl groups is 2. The molecule has 0 aliphatic rings. The Labute approximate surface area is 512 Å². The lowest BCUT2D eigenvalue weighted by Crippen LogP contribution is -2.30. The summed E-state index contributed by atoms with van der Waals surface area (Å²) in [5, 5.41) is 20.5. The summed E-state index contributed by atoms with van der Waals surface area (Å²) in [6.45, 7) is 2.30. The van der Waals surface area contributed by atoms with Gasteiger partial charge in [-0.15, -0.1) is 0 Å². The predicted molar refractivity (Wildman–Crippen MR) is 343 cm³/mol. The third kappa shape index (κ3) is 61.4. The fraction of sp³-hybridized carbons (Fsp3) is 0.657. The summed E-state index contributed by atoms with van der Waals surface area (Å²) in [6, 6.07) is 0. The fourth-order valence-corrected chi connectivity index (χ4v) is 9.39. The molecule has 0 rings (SSSR count). The van der Waals surface area contributed by atoms with Crippen molar-refractivity contribution in [3.8, 4) is 0 Å². The summed E-state index contributed by atoms with van der Waals surface area (Å²) in [4.78, 5) is 58.2. The van der Waals surface area contributed by atoms with Crippen LogP contribution in [-0.4, -0.2) is 95.9 Å². The lowest BCUT2D eigenvalue weighted by molar-refractivity contribution is -0.161. The largest absolute Gasteiger partial charge is 0.472 e. The third-order valence-electron chi connectivity index (χ3n) is 12.7. The van der Waals surface area contributed by atoms with Crippen LogP contribution in [0.15, 0.2) is 122 Å². The van der Waals surface area contributed by atoms with Crippen molar-refractivity contribution in [2.45, 2.75) is 245 Å². The van der Waals surface area contributed by atoms with Gasteiger partial charge >= 0.3 is 33.6 Å². The van der Waals surface area contributed by atoms with Crippen molar-refractivity contribution in [2.24, 2.45) is 0 Å². The number of carbonyl (C=O) groups excluding carboxylic acids is 3. The van der Waals surface area contributed by atoms with Gasteiger partial charge in [0.2, 0.25) is 0 Å². The molecular formula is C67H112O16P2. The van der Waals surface area contributed by atoms with Crippen molar-refractivity contribution in [3.05, 3.63) is 122 Å². The average molecular weight is 1240 g/mol. The van der Waals surface area contributed by atoms with Gasteiger partial charge in [0.15, 0.2) is 6.10 Å². The van der Waals surface area contributed by atoms with Gasteiger partial charge in [-0.2, -0.15) is 0 Å². The van der Waals surface area contributed by atoms with Crippen molar-refractivity contribution >= 4 is 33.6 Å². The highest BCUT2D eigenvalue weighted by molar-refractivity contribution is 7.47. The van der Waals surface area contributed by atoms with E-state index in [0.29, 0.717) is 19.3 Å². The summed E-state index contributed by atoms with van der Waals surface area (Å²) in [6.07, 6.45) is 66.9. The minimum absolute atomic E-state index is 0.0867. The van der Waals surface area contributed by atoms with Crippen LogP contribution in [0.5, 0.6) is 0 Å². The molecule has 4 N–H and O–H groups in total. The SMILES string of the molecule is CC/C=C\C/C=C\C/C=C\C/C=C\C/C=C\CCCCCC(=O)OCC(O)COP(=O)(O)OCC(O)COP(=O)(O)OCC(COC(=O)CCCCCCCC/C=C\C/C=C\C/C=C\C/C=C\CC)OC(=O)CCCCCCC/C=C\CCCC. The Balaban J connectivity index is 4.68. The topological polar surface area (TPSA) is 231 Å². The number of hydrogen-bond acceptors (Lipinski definition) is 14. The van der Waals surface area contributed by atoms with Crippen LogP contribution in [0.25, 0.3) is 0 Å². The number of phosphoric ester groups is 2. The summed E-state index contributed by atoms with van der Waals surface area (Å²) >= 11 is 0. The first-order valence-corrected chi connectivity index (χ1v) is 34.8. The number of unbranched alkanes of at least 4 members (excludes halogenated alkanes) is 16. The second kappa shape index (κ2) is 60.2. The lowest BCUT2D eigenvalue weighted by Gasteiger charge is -2.21. The normalized spacial score (nSPS) is 15.1. The molecule has 0 fully saturated rings. The van der Waals surface area contributed by atoms with E-state index in [1.54, 1.807) is 0 Å². The van der Waals surface area contributed by atoms with Gasteiger partial charge in [0.05, 0.1) is 26.4 Å². The van der Waals surface area contributed by atoms with Gasteiger partial charge in [-0.3, -0.25) is 32.5 Å². The van der Waals surface area contributed by atoms with Crippen LogP contribution < -0.4 is 0 Å². The molecule has 0 bridgehead atoms. The Hall–Kier alpha value is -4.05. The Bertz CT molecular complexity index is 2040. The fourth-order valence-electron chi connectivity index (χ4n) is 7.80. The second-order valence-electron chi connectivity index (χ2n) is 20.8. The zero-order valence-electron chi connectivity index (χ0n) is 52.2. The van der Waals surface area contributed by atoms with Gasteiger partial charge in [-0.25, -0.2) is 9.13 Å². The van der Waals surface area contributed by atoms with Gasteiger partial charge in [-0.1, -0.05) is 206 Å². The van der Waals surface area contributed by atoms with Crippen LogP contribution in [0.4, 0.5) is 0 Å². The maximum atomic E-state index is 12.8. The minimum atomic E-state index is -4.93. The molecule has 0 radical (unpaired) electrons. The van der Waals surface area contributed by atoms with Crippen LogP contribution in [0.3, 0.4) is 0 Å². The van der Waals surface area contributed by atoms with Crippen molar-refractivity contribution in [3.63, 3.8) is 0 Å². The Morgan fingerprint density at radius 1 is 0.341 bits per heavy atom. The third-order valence-corrected chi connectivity index (χ3v) is 14.6. The first-order valence-electron chi connectivity index (χ1n) is 31.8. The zero-order chi connectivity index (χ0) is 62.4. The number of hydrogen-bond donors (Lipinski definition) is 4. The number of esters is 3. The molecule has 16 nitrogen and oxygen atoms in total. The molecule has 5 unspecified atom stereocenters. The number of ether oxygens (including phenoxy) is 3. The zero-order valence-corrected chi connectivity index (χ0v) is 54.0. The highest BCUT2D eigenvalue weighted by Crippen LogP contribution is 2.45. The van der Waals surface area contributed by atoms with Crippen molar-refractivity contribution in [1.29, 1.82) is 0 Å². The highest BCUT2D eigenvalue weighted by Gasteiger charge is 2.29. The molecule has 85 heavy (non-hydrogen) atoms. The molecule has 0 heterocycles. The van der Waals surface area contributed by atoms with Crippen molar-refractivity contribution in [1.82, 2.24) is 0 Å². The second-order valence-corrected chi connectivity index (χ2v) is 23.7. The smallest absolute Gasteiger partial charge is 0.463 e. The van der Waals surface area contributed by atoms with Gasteiger partial charge in [0.25, 0.3) is 0 Å². The molecule has 0 aromatic carbocycles. The number of carbonyl (C=O) groups is 3. The molecule has 0 amide bonds. The van der Waals surface area contributed by atoms with Crippen LogP contribution in [0.2, 0.25) is 0 Å². The van der Waals surface area contributed by atoms with Gasteiger partial charge < -0.3 is 34.2 Å². The Morgan fingerprint density at radius 3 is 1.01 bits per heavy atom. The molecule has 18 heteroatoms. The molecule has 0 aromatic rings.